The minimum absolute atomic E-state index is 0.247. The summed E-state index contributed by atoms with van der Waals surface area (Å²) < 4.78 is 12.7. The second-order valence-corrected chi connectivity index (χ2v) is 8.45. The number of nitrogens with zero attached hydrogens (tertiary/aromatic N) is 1. The molecule has 0 aliphatic carbocycles. The van der Waals surface area contributed by atoms with E-state index < -0.39 is 5.60 Å². The number of halogens is 1. The van der Waals surface area contributed by atoms with Gasteiger partial charge in [0.2, 0.25) is 5.89 Å². The molecule has 4 aromatic rings. The second-order valence-electron chi connectivity index (χ2n) is 7.54. The first kappa shape index (κ1) is 20.2. The first-order valence-electron chi connectivity index (χ1n) is 9.54. The summed E-state index contributed by atoms with van der Waals surface area (Å²) in [5, 5.41) is 2.98. The summed E-state index contributed by atoms with van der Waals surface area (Å²) in [5.41, 5.74) is 2.87. The molecule has 1 N–H and O–H groups in total. The summed E-state index contributed by atoms with van der Waals surface area (Å²) in [4.78, 5) is 17.5. The van der Waals surface area contributed by atoms with E-state index >= 15 is 0 Å². The summed E-state index contributed by atoms with van der Waals surface area (Å²) >= 11 is 3.40. The van der Waals surface area contributed by atoms with Gasteiger partial charge in [-0.25, -0.2) is 4.98 Å². The second kappa shape index (κ2) is 7.95. The molecule has 0 radical (unpaired) electrons. The molecule has 6 heteroatoms. The van der Waals surface area contributed by atoms with Crippen molar-refractivity contribution in [2.45, 2.75) is 26.4 Å². The van der Waals surface area contributed by atoms with E-state index in [4.69, 9.17) is 9.15 Å². The lowest BCUT2D eigenvalue weighted by Crippen LogP contribution is -2.42. The van der Waals surface area contributed by atoms with Gasteiger partial charge < -0.3 is 14.5 Å². The summed E-state index contributed by atoms with van der Waals surface area (Å²) in [5.74, 6) is 0.885. The molecule has 152 valence electrons. The van der Waals surface area contributed by atoms with Crippen LogP contribution in [-0.4, -0.2) is 16.5 Å². The largest absolute Gasteiger partial charge is 0.478 e. The number of amides is 1. The fraction of sp³-hybridized carbons (Fsp3) is 0.167. The maximum atomic E-state index is 13.0. The Bertz CT molecular complexity index is 1180. The van der Waals surface area contributed by atoms with E-state index in [1.807, 2.05) is 73.7 Å². The molecule has 1 heterocycles. The number of ether oxygens (including phenoxy) is 1. The zero-order valence-corrected chi connectivity index (χ0v) is 18.5. The number of oxazole rings is 1. The molecule has 30 heavy (non-hydrogen) atoms. The van der Waals surface area contributed by atoms with Crippen molar-refractivity contribution in [3.05, 3.63) is 76.8 Å². The molecular weight excluding hydrogens is 444 g/mol. The number of carbonyl (C=O) groups excluding carboxylic acids is 1. The van der Waals surface area contributed by atoms with Crippen LogP contribution in [0.1, 0.15) is 19.4 Å². The maximum Gasteiger partial charge on any atom is 0.267 e. The van der Waals surface area contributed by atoms with Crippen molar-refractivity contribution in [1.82, 2.24) is 4.98 Å². The standard InChI is InChI=1S/C24H21BrN2O3/c1-15-8-9-16(22-26-19-6-4-5-7-21(19)29-22)14-20(15)27-23(28)24(2,3)30-18-12-10-17(25)11-13-18/h4-14H,1-3H3,(H,27,28). The van der Waals surface area contributed by atoms with Crippen molar-refractivity contribution in [2.24, 2.45) is 0 Å². The highest BCUT2D eigenvalue weighted by atomic mass is 79.9. The average molecular weight is 465 g/mol. The lowest BCUT2D eigenvalue weighted by molar-refractivity contribution is -0.128. The molecule has 0 spiro atoms. The Kier molecular flexibility index (Phi) is 5.35. The van der Waals surface area contributed by atoms with Crippen LogP contribution in [-0.2, 0) is 4.79 Å². The third-order valence-corrected chi connectivity index (χ3v) is 5.29. The molecule has 0 fully saturated rings. The molecule has 0 bridgehead atoms. The number of rotatable bonds is 5. The third kappa shape index (κ3) is 4.24. The van der Waals surface area contributed by atoms with E-state index in [9.17, 15) is 4.79 Å². The van der Waals surface area contributed by atoms with Crippen LogP contribution in [0.15, 0.2) is 75.6 Å². The predicted molar refractivity (Wildman–Crippen MR) is 122 cm³/mol. The lowest BCUT2D eigenvalue weighted by atomic mass is 10.1. The first-order valence-corrected chi connectivity index (χ1v) is 10.3. The summed E-state index contributed by atoms with van der Waals surface area (Å²) in [7, 11) is 0. The summed E-state index contributed by atoms with van der Waals surface area (Å²) in [6.45, 7) is 5.42. The van der Waals surface area contributed by atoms with E-state index in [-0.39, 0.29) is 5.91 Å². The Morgan fingerprint density at radius 1 is 1.07 bits per heavy atom. The van der Waals surface area contributed by atoms with Crippen molar-refractivity contribution in [2.75, 3.05) is 5.32 Å². The van der Waals surface area contributed by atoms with E-state index in [1.165, 1.54) is 0 Å². The molecule has 4 rings (SSSR count). The van der Waals surface area contributed by atoms with Crippen LogP contribution in [0.2, 0.25) is 0 Å². The molecule has 1 amide bonds. The molecule has 3 aromatic carbocycles. The number of fused-ring (bicyclic) bond motifs is 1. The van der Waals surface area contributed by atoms with Crippen molar-refractivity contribution in [1.29, 1.82) is 0 Å². The number of aryl methyl sites for hydroxylation is 1. The van der Waals surface area contributed by atoms with Crippen molar-refractivity contribution in [3.8, 4) is 17.2 Å². The van der Waals surface area contributed by atoms with Crippen LogP contribution in [0.3, 0.4) is 0 Å². The fourth-order valence-corrected chi connectivity index (χ4v) is 3.27. The van der Waals surface area contributed by atoms with E-state index in [0.29, 0.717) is 17.3 Å². The van der Waals surface area contributed by atoms with Gasteiger partial charge in [-0.1, -0.05) is 34.1 Å². The topological polar surface area (TPSA) is 64.4 Å². The highest BCUT2D eigenvalue weighted by molar-refractivity contribution is 9.10. The number of para-hydroxylation sites is 2. The monoisotopic (exact) mass is 464 g/mol. The number of benzene rings is 3. The smallest absolute Gasteiger partial charge is 0.267 e. The van der Waals surface area contributed by atoms with Gasteiger partial charge in [0.1, 0.15) is 11.3 Å². The van der Waals surface area contributed by atoms with Gasteiger partial charge in [-0.15, -0.1) is 0 Å². The number of aromatic nitrogens is 1. The van der Waals surface area contributed by atoms with Gasteiger partial charge in [-0.2, -0.15) is 0 Å². The van der Waals surface area contributed by atoms with Crippen LogP contribution in [0.25, 0.3) is 22.6 Å². The lowest BCUT2D eigenvalue weighted by Gasteiger charge is -2.26. The van der Waals surface area contributed by atoms with Gasteiger partial charge in [0.15, 0.2) is 11.2 Å². The quantitative estimate of drug-likeness (QED) is 0.373. The van der Waals surface area contributed by atoms with Crippen LogP contribution >= 0.6 is 15.9 Å². The van der Waals surface area contributed by atoms with Gasteiger partial charge in [0, 0.05) is 15.7 Å². The minimum atomic E-state index is -1.06. The van der Waals surface area contributed by atoms with Crippen molar-refractivity contribution in [3.63, 3.8) is 0 Å². The van der Waals surface area contributed by atoms with Gasteiger partial charge in [-0.3, -0.25) is 4.79 Å². The molecule has 0 saturated heterocycles. The van der Waals surface area contributed by atoms with Gasteiger partial charge in [0.05, 0.1) is 0 Å². The Balaban J connectivity index is 1.56. The molecule has 0 atom stereocenters. The van der Waals surface area contributed by atoms with Crippen LogP contribution in [0.5, 0.6) is 5.75 Å². The number of hydrogen-bond acceptors (Lipinski definition) is 4. The Hall–Kier alpha value is -3.12. The number of nitrogens with one attached hydrogen (secondary N) is 1. The maximum absolute atomic E-state index is 13.0. The van der Waals surface area contributed by atoms with Crippen LogP contribution in [0, 0.1) is 6.92 Å². The van der Waals surface area contributed by atoms with Gasteiger partial charge in [0.25, 0.3) is 5.91 Å². The van der Waals surface area contributed by atoms with Gasteiger partial charge in [-0.05, 0) is 74.9 Å². The number of anilines is 1. The minimum Gasteiger partial charge on any atom is -0.478 e. The Labute approximate surface area is 183 Å². The highest BCUT2D eigenvalue weighted by Gasteiger charge is 2.30. The molecule has 5 nitrogen and oxygen atoms in total. The predicted octanol–water partition coefficient (Wildman–Crippen LogP) is 6.36. The molecule has 0 aliphatic rings. The van der Waals surface area contributed by atoms with E-state index in [1.54, 1.807) is 13.8 Å². The normalized spacial score (nSPS) is 11.5. The Morgan fingerprint density at radius 2 is 1.80 bits per heavy atom. The Morgan fingerprint density at radius 3 is 2.53 bits per heavy atom. The molecule has 0 aliphatic heterocycles. The molecule has 0 saturated carbocycles. The first-order chi connectivity index (χ1) is 14.3. The number of carbonyl (C=O) groups is 1. The van der Waals surface area contributed by atoms with Crippen molar-refractivity contribution < 1.29 is 13.9 Å². The van der Waals surface area contributed by atoms with E-state index in [2.05, 4.69) is 26.2 Å². The molecule has 0 unspecified atom stereocenters. The van der Waals surface area contributed by atoms with E-state index in [0.717, 1.165) is 26.7 Å². The molecule has 1 aromatic heterocycles. The number of hydrogen-bond donors (Lipinski definition) is 1. The highest BCUT2D eigenvalue weighted by Crippen LogP contribution is 2.29. The van der Waals surface area contributed by atoms with Gasteiger partial charge >= 0.3 is 0 Å². The summed E-state index contributed by atoms with van der Waals surface area (Å²) in [6.07, 6.45) is 0. The van der Waals surface area contributed by atoms with Crippen LogP contribution in [0.4, 0.5) is 5.69 Å². The average Bonchev–Trinajstić information content (AvgIpc) is 3.15. The van der Waals surface area contributed by atoms with Crippen molar-refractivity contribution >= 4 is 38.6 Å². The fourth-order valence-electron chi connectivity index (χ4n) is 3.00. The summed E-state index contributed by atoms with van der Waals surface area (Å²) in [6, 6.07) is 20.7. The zero-order valence-electron chi connectivity index (χ0n) is 16.9. The SMILES string of the molecule is Cc1ccc(-c2nc3ccccc3o2)cc1NC(=O)C(C)(C)Oc1ccc(Br)cc1. The zero-order chi connectivity index (χ0) is 21.3. The third-order valence-electron chi connectivity index (χ3n) is 4.76. The molecular formula is C24H21BrN2O3. The van der Waals surface area contributed by atoms with Crippen LogP contribution < -0.4 is 10.1 Å².